The minimum absolute atomic E-state index is 0.0702. The second-order valence-electron chi connectivity index (χ2n) is 11.1. The van der Waals surface area contributed by atoms with Gasteiger partial charge in [0.2, 0.25) is 0 Å². The fourth-order valence-electron chi connectivity index (χ4n) is 4.55. The molecule has 1 saturated heterocycles. The molecular formula is C28H35N3O6S. The van der Waals surface area contributed by atoms with E-state index in [1.165, 1.54) is 23.2 Å². The molecule has 4 rings (SSSR count). The molecule has 204 valence electrons. The van der Waals surface area contributed by atoms with Gasteiger partial charge < -0.3 is 19.3 Å². The van der Waals surface area contributed by atoms with Crippen LogP contribution < -0.4 is 9.47 Å². The Morgan fingerprint density at radius 1 is 1.21 bits per heavy atom. The van der Waals surface area contributed by atoms with Crippen molar-refractivity contribution in [2.45, 2.75) is 78.0 Å². The lowest BCUT2D eigenvalue weighted by Crippen LogP contribution is -2.52. The van der Waals surface area contributed by atoms with E-state index in [0.29, 0.717) is 22.7 Å². The number of nitrogens with zero attached hydrogens (tertiary/aromatic N) is 3. The Labute approximate surface area is 226 Å². The van der Waals surface area contributed by atoms with Gasteiger partial charge in [0.15, 0.2) is 0 Å². The number of aromatic nitrogens is 2. The van der Waals surface area contributed by atoms with Gasteiger partial charge >= 0.3 is 12.1 Å². The number of pyridine rings is 1. The van der Waals surface area contributed by atoms with Crippen molar-refractivity contribution < 1.29 is 28.9 Å². The third kappa shape index (κ3) is 5.27. The van der Waals surface area contributed by atoms with Crippen LogP contribution in [0.15, 0.2) is 23.6 Å². The Morgan fingerprint density at radius 3 is 2.50 bits per heavy atom. The average molecular weight is 542 g/mol. The minimum atomic E-state index is -1.47. The van der Waals surface area contributed by atoms with Gasteiger partial charge in [0.05, 0.1) is 24.9 Å². The lowest BCUT2D eigenvalue weighted by Gasteiger charge is -2.32. The Balaban J connectivity index is 1.76. The third-order valence-electron chi connectivity index (χ3n) is 6.67. The number of likely N-dealkylation sites (tertiary alicyclic amines) is 1. The number of aryl methyl sites for hydroxylation is 1. The molecule has 1 aromatic carbocycles. The van der Waals surface area contributed by atoms with E-state index in [4.69, 9.17) is 24.2 Å². The number of ether oxygens (including phenoxy) is 3. The maximum absolute atomic E-state index is 13.0. The highest BCUT2D eigenvalue weighted by Gasteiger charge is 2.52. The molecule has 9 nitrogen and oxygen atoms in total. The molecule has 3 aromatic rings. The Bertz CT molecular complexity index is 1380. The van der Waals surface area contributed by atoms with Gasteiger partial charge in [0, 0.05) is 28.8 Å². The van der Waals surface area contributed by atoms with Crippen LogP contribution in [-0.4, -0.2) is 62.9 Å². The summed E-state index contributed by atoms with van der Waals surface area (Å²) in [5.41, 5.74) is 0.974. The molecule has 3 heterocycles. The van der Waals surface area contributed by atoms with Crippen LogP contribution >= 0.6 is 11.3 Å². The van der Waals surface area contributed by atoms with Crippen molar-refractivity contribution in [2.75, 3.05) is 13.7 Å². The second-order valence-corrected chi connectivity index (χ2v) is 12.0. The van der Waals surface area contributed by atoms with E-state index in [9.17, 15) is 14.7 Å². The topological polar surface area (TPSA) is 111 Å². The first kappa shape index (κ1) is 27.6. The first-order chi connectivity index (χ1) is 17.7. The predicted molar refractivity (Wildman–Crippen MR) is 146 cm³/mol. The number of fused-ring (bicyclic) bond motifs is 1. The van der Waals surface area contributed by atoms with Crippen molar-refractivity contribution in [3.63, 3.8) is 0 Å². The van der Waals surface area contributed by atoms with Gasteiger partial charge in [0.25, 0.3) is 0 Å². The zero-order chi connectivity index (χ0) is 28.0. The number of carbonyl (C=O) groups is 2. The molecular weight excluding hydrogens is 506 g/mol. The van der Waals surface area contributed by atoms with Crippen LogP contribution in [0.2, 0.25) is 0 Å². The number of carbonyl (C=O) groups excluding carboxylic acids is 1. The van der Waals surface area contributed by atoms with E-state index in [0.717, 1.165) is 21.7 Å². The van der Waals surface area contributed by atoms with Gasteiger partial charge in [0.1, 0.15) is 39.4 Å². The van der Waals surface area contributed by atoms with E-state index in [-0.39, 0.29) is 18.9 Å². The second kappa shape index (κ2) is 10.1. The minimum Gasteiger partial charge on any atom is -0.496 e. The molecule has 2 atom stereocenters. The van der Waals surface area contributed by atoms with Gasteiger partial charge in [-0.15, -0.1) is 11.3 Å². The van der Waals surface area contributed by atoms with Crippen LogP contribution in [0.1, 0.15) is 65.1 Å². The van der Waals surface area contributed by atoms with E-state index < -0.39 is 29.3 Å². The lowest BCUT2D eigenvalue weighted by molar-refractivity contribution is -0.148. The summed E-state index contributed by atoms with van der Waals surface area (Å²) in [4.78, 5) is 36.2. The quantitative estimate of drug-likeness (QED) is 0.403. The van der Waals surface area contributed by atoms with Crippen molar-refractivity contribution in [1.29, 1.82) is 0 Å². The van der Waals surface area contributed by atoms with Crippen LogP contribution in [0.4, 0.5) is 4.79 Å². The summed E-state index contributed by atoms with van der Waals surface area (Å²) in [6.07, 6.45) is -1.16. The fraction of sp³-hybridized carbons (Fsp3) is 0.500. The summed E-state index contributed by atoms with van der Waals surface area (Å²) in [5.74, 6) is 0.412. The average Bonchev–Trinajstić information content (AvgIpc) is 3.44. The number of rotatable bonds is 6. The van der Waals surface area contributed by atoms with E-state index in [2.05, 4.69) is 13.8 Å². The maximum Gasteiger partial charge on any atom is 0.411 e. The van der Waals surface area contributed by atoms with Crippen LogP contribution in [0.25, 0.3) is 21.6 Å². The number of hydrogen-bond acceptors (Lipinski definition) is 8. The molecule has 0 spiro atoms. The molecule has 1 fully saturated rings. The number of amides is 1. The monoisotopic (exact) mass is 541 g/mol. The number of hydrogen-bond donors (Lipinski definition) is 1. The van der Waals surface area contributed by atoms with Gasteiger partial charge in [-0.3, -0.25) is 4.90 Å². The molecule has 2 aromatic heterocycles. The van der Waals surface area contributed by atoms with Crippen molar-refractivity contribution in [3.05, 3.63) is 34.8 Å². The van der Waals surface area contributed by atoms with Crippen LogP contribution in [0.5, 0.6) is 11.5 Å². The first-order valence-corrected chi connectivity index (χ1v) is 13.5. The number of benzene rings is 1. The highest BCUT2D eigenvalue weighted by molar-refractivity contribution is 7.13. The standard InChI is InChI=1S/C28H35N3O6S/c1-15(2)20-14-38-24(30-20)19-11-22(18-9-10-21(35-8)16(3)23(18)29-19)36-17-12-28(7,25(32)33)31(13-17)26(34)37-27(4,5)6/h9-11,14-15,17H,12-13H2,1-8H3,(H,32,33)/t17-,28+/m1/s1. The van der Waals surface area contributed by atoms with E-state index >= 15 is 0 Å². The largest absolute Gasteiger partial charge is 0.496 e. The number of carboxylic acids is 1. The molecule has 1 aliphatic heterocycles. The van der Waals surface area contributed by atoms with Gasteiger partial charge in [-0.1, -0.05) is 13.8 Å². The zero-order valence-electron chi connectivity index (χ0n) is 23.1. The predicted octanol–water partition coefficient (Wildman–Crippen LogP) is 6.03. The molecule has 0 bridgehead atoms. The summed E-state index contributed by atoms with van der Waals surface area (Å²) in [6, 6.07) is 5.58. The SMILES string of the molecule is COc1ccc2c(O[C@H]3CN(C(=O)OC(C)(C)C)[C@](C)(C(=O)O)C3)cc(-c3nc(C(C)C)cs3)nc2c1C. The van der Waals surface area contributed by atoms with Gasteiger partial charge in [-0.05, 0) is 52.7 Å². The fourth-order valence-corrected chi connectivity index (χ4v) is 5.49. The van der Waals surface area contributed by atoms with Crippen molar-refractivity contribution >= 4 is 34.3 Å². The summed E-state index contributed by atoms with van der Waals surface area (Å²) >= 11 is 1.51. The molecule has 38 heavy (non-hydrogen) atoms. The van der Waals surface area contributed by atoms with Crippen molar-refractivity contribution in [1.82, 2.24) is 14.9 Å². The molecule has 0 saturated carbocycles. The Kier molecular flexibility index (Phi) is 7.31. The number of thiazole rings is 1. The number of methoxy groups -OCH3 is 1. The summed E-state index contributed by atoms with van der Waals surface area (Å²) in [7, 11) is 1.61. The molecule has 1 aliphatic rings. The highest BCUT2D eigenvalue weighted by Crippen LogP contribution is 2.39. The first-order valence-electron chi connectivity index (χ1n) is 12.6. The Morgan fingerprint density at radius 2 is 1.92 bits per heavy atom. The van der Waals surface area contributed by atoms with Crippen molar-refractivity contribution in [3.8, 4) is 22.2 Å². The molecule has 0 radical (unpaired) electrons. The van der Waals surface area contributed by atoms with Crippen LogP contribution in [0.3, 0.4) is 0 Å². The van der Waals surface area contributed by atoms with E-state index in [1.807, 2.05) is 30.5 Å². The summed E-state index contributed by atoms with van der Waals surface area (Å²) in [5, 5.41) is 13.6. The van der Waals surface area contributed by atoms with Crippen molar-refractivity contribution in [2.24, 2.45) is 0 Å². The molecule has 0 unspecified atom stereocenters. The summed E-state index contributed by atoms with van der Waals surface area (Å²) < 4.78 is 17.5. The maximum atomic E-state index is 13.0. The van der Waals surface area contributed by atoms with Gasteiger partial charge in [-0.2, -0.15) is 0 Å². The summed E-state index contributed by atoms with van der Waals surface area (Å²) in [6.45, 7) is 13.0. The third-order valence-corrected chi connectivity index (χ3v) is 7.56. The molecule has 0 aliphatic carbocycles. The highest BCUT2D eigenvalue weighted by atomic mass is 32.1. The molecule has 1 amide bonds. The normalized spacial score (nSPS) is 19.7. The Hall–Kier alpha value is -3.40. The molecule has 1 N–H and O–H groups in total. The van der Waals surface area contributed by atoms with Crippen LogP contribution in [0, 0.1) is 6.92 Å². The number of aliphatic carboxylic acids is 1. The van der Waals surface area contributed by atoms with Crippen LogP contribution in [-0.2, 0) is 9.53 Å². The van der Waals surface area contributed by atoms with Gasteiger partial charge in [-0.25, -0.2) is 19.6 Å². The van der Waals surface area contributed by atoms with E-state index in [1.54, 1.807) is 27.9 Å². The smallest absolute Gasteiger partial charge is 0.411 e. The zero-order valence-corrected chi connectivity index (χ0v) is 23.9. The lowest BCUT2D eigenvalue weighted by atomic mass is 9.98. The molecule has 10 heteroatoms. The number of carboxylic acid groups (broad SMARTS) is 1.